The van der Waals surface area contributed by atoms with Gasteiger partial charge < -0.3 is 14.5 Å². The molecule has 3 fully saturated rings. The summed E-state index contributed by atoms with van der Waals surface area (Å²) in [5.41, 5.74) is 2.21. The number of amides is 2. The van der Waals surface area contributed by atoms with E-state index in [1.165, 1.54) is 11.3 Å². The van der Waals surface area contributed by atoms with E-state index in [1.807, 2.05) is 9.80 Å². The van der Waals surface area contributed by atoms with Crippen LogP contribution < -0.4 is 0 Å². The minimum Gasteiger partial charge on any atom is -0.381 e. The van der Waals surface area contributed by atoms with E-state index in [-0.39, 0.29) is 23.8 Å². The topological polar surface area (TPSA) is 62.7 Å². The second-order valence-corrected chi connectivity index (χ2v) is 7.01. The van der Waals surface area contributed by atoms with Crippen molar-refractivity contribution in [3.05, 3.63) is 16.6 Å². The Kier molecular flexibility index (Phi) is 3.62. The van der Waals surface area contributed by atoms with Crippen LogP contribution in [0.1, 0.15) is 23.3 Å². The molecule has 6 nitrogen and oxygen atoms in total. The SMILES string of the molecule is O=C([C@@H]1CCOC1)N1C[C@@H]2CCN(C(=O)c3cscn3)[C@@H]2C1. The van der Waals surface area contributed by atoms with Crippen molar-refractivity contribution >= 4 is 23.2 Å². The van der Waals surface area contributed by atoms with Crippen LogP contribution in [0.25, 0.3) is 0 Å². The number of hydrogen-bond acceptors (Lipinski definition) is 5. The summed E-state index contributed by atoms with van der Waals surface area (Å²) < 4.78 is 5.32. The van der Waals surface area contributed by atoms with Crippen molar-refractivity contribution in [2.75, 3.05) is 32.8 Å². The molecule has 0 radical (unpaired) electrons. The quantitative estimate of drug-likeness (QED) is 0.810. The Labute approximate surface area is 133 Å². The number of likely N-dealkylation sites (tertiary alicyclic amines) is 2. The van der Waals surface area contributed by atoms with Crippen molar-refractivity contribution in [1.29, 1.82) is 0 Å². The fraction of sp³-hybridized carbons (Fsp3) is 0.667. The molecule has 0 unspecified atom stereocenters. The normalized spacial score (nSPS) is 30.8. The number of nitrogens with zero attached hydrogens (tertiary/aromatic N) is 3. The first-order valence-electron chi connectivity index (χ1n) is 7.79. The van der Waals surface area contributed by atoms with Crippen molar-refractivity contribution < 1.29 is 14.3 Å². The smallest absolute Gasteiger partial charge is 0.273 e. The van der Waals surface area contributed by atoms with E-state index in [0.717, 1.165) is 25.9 Å². The molecular formula is C15H19N3O3S. The monoisotopic (exact) mass is 321 g/mol. The molecule has 1 aromatic heterocycles. The molecule has 7 heteroatoms. The Morgan fingerprint density at radius 2 is 2.23 bits per heavy atom. The molecule has 4 heterocycles. The standard InChI is InChI=1S/C15H19N3O3S/c19-14(11-2-4-21-7-11)17-5-10-1-3-18(13(10)6-17)15(20)12-8-22-9-16-12/h8-11,13H,1-7H2/t10-,11+,13+/m0/s1. The van der Waals surface area contributed by atoms with Crippen molar-refractivity contribution in [2.24, 2.45) is 11.8 Å². The molecule has 2 amide bonds. The van der Waals surface area contributed by atoms with E-state index in [0.29, 0.717) is 31.4 Å². The predicted molar refractivity (Wildman–Crippen MR) is 80.6 cm³/mol. The first-order valence-corrected chi connectivity index (χ1v) is 8.74. The summed E-state index contributed by atoms with van der Waals surface area (Å²) in [6.45, 7) is 3.45. The average Bonchev–Trinajstić information content (AvgIpc) is 3.29. The molecule has 3 saturated heterocycles. The molecule has 0 aliphatic carbocycles. The molecule has 3 atom stereocenters. The molecule has 0 N–H and O–H groups in total. The van der Waals surface area contributed by atoms with Crippen LogP contribution in [0, 0.1) is 11.8 Å². The molecule has 22 heavy (non-hydrogen) atoms. The molecule has 1 aromatic rings. The van der Waals surface area contributed by atoms with Gasteiger partial charge in [-0.3, -0.25) is 9.59 Å². The van der Waals surface area contributed by atoms with E-state index in [9.17, 15) is 9.59 Å². The van der Waals surface area contributed by atoms with Gasteiger partial charge >= 0.3 is 0 Å². The molecule has 3 aliphatic heterocycles. The summed E-state index contributed by atoms with van der Waals surface area (Å²) in [4.78, 5) is 33.0. The molecule has 118 valence electrons. The lowest BCUT2D eigenvalue weighted by molar-refractivity contribution is -0.134. The van der Waals surface area contributed by atoms with Gasteiger partial charge in [-0.25, -0.2) is 4.98 Å². The minimum atomic E-state index is 0.00671. The second kappa shape index (κ2) is 5.62. The number of rotatable bonds is 2. The average molecular weight is 321 g/mol. The van der Waals surface area contributed by atoms with Gasteiger partial charge in [0.2, 0.25) is 5.91 Å². The number of aromatic nitrogens is 1. The van der Waals surface area contributed by atoms with E-state index in [2.05, 4.69) is 4.98 Å². The first-order chi connectivity index (χ1) is 10.7. The maximum absolute atomic E-state index is 12.5. The Hall–Kier alpha value is -1.47. The largest absolute Gasteiger partial charge is 0.381 e. The third-order valence-corrected chi connectivity index (χ3v) is 5.64. The fourth-order valence-electron chi connectivity index (χ4n) is 3.85. The van der Waals surface area contributed by atoms with E-state index in [4.69, 9.17) is 4.74 Å². The van der Waals surface area contributed by atoms with Crippen LogP contribution in [-0.2, 0) is 9.53 Å². The molecule has 4 rings (SSSR count). The Morgan fingerprint density at radius 3 is 2.95 bits per heavy atom. The third kappa shape index (κ3) is 2.32. The zero-order chi connectivity index (χ0) is 15.1. The van der Waals surface area contributed by atoms with Crippen LogP contribution in [0.2, 0.25) is 0 Å². The van der Waals surface area contributed by atoms with Crippen LogP contribution in [0.5, 0.6) is 0 Å². The highest BCUT2D eigenvalue weighted by atomic mass is 32.1. The van der Waals surface area contributed by atoms with Gasteiger partial charge in [0.1, 0.15) is 5.69 Å². The second-order valence-electron chi connectivity index (χ2n) is 6.29. The molecule has 0 bridgehead atoms. The van der Waals surface area contributed by atoms with Gasteiger partial charge in [0.05, 0.1) is 24.1 Å². The van der Waals surface area contributed by atoms with Crippen LogP contribution in [-0.4, -0.2) is 65.5 Å². The highest BCUT2D eigenvalue weighted by Gasteiger charge is 2.46. The number of thiazole rings is 1. The summed E-state index contributed by atoms with van der Waals surface area (Å²) in [7, 11) is 0. The zero-order valence-electron chi connectivity index (χ0n) is 12.3. The Bertz CT molecular complexity index is 571. The Balaban J connectivity index is 1.45. The summed E-state index contributed by atoms with van der Waals surface area (Å²) in [5.74, 6) is 0.635. The lowest BCUT2D eigenvalue weighted by Crippen LogP contribution is -2.42. The fourth-order valence-corrected chi connectivity index (χ4v) is 4.37. The minimum absolute atomic E-state index is 0.00671. The van der Waals surface area contributed by atoms with E-state index < -0.39 is 0 Å². The van der Waals surface area contributed by atoms with Crippen molar-refractivity contribution in [2.45, 2.75) is 18.9 Å². The molecule has 0 aromatic carbocycles. The number of carbonyl (C=O) groups is 2. The van der Waals surface area contributed by atoms with Gasteiger partial charge in [0.25, 0.3) is 5.91 Å². The Morgan fingerprint density at radius 1 is 1.32 bits per heavy atom. The number of carbonyl (C=O) groups excluding carboxylic acids is 2. The predicted octanol–water partition coefficient (Wildman–Crippen LogP) is 0.852. The van der Waals surface area contributed by atoms with Crippen LogP contribution in [0.4, 0.5) is 0 Å². The van der Waals surface area contributed by atoms with E-state index in [1.54, 1.807) is 10.9 Å². The highest BCUT2D eigenvalue weighted by molar-refractivity contribution is 7.07. The summed E-state index contributed by atoms with van der Waals surface area (Å²) in [6.07, 6.45) is 1.80. The lowest BCUT2D eigenvalue weighted by atomic mass is 10.1. The molecule has 0 saturated carbocycles. The van der Waals surface area contributed by atoms with Gasteiger partial charge in [-0.1, -0.05) is 0 Å². The molecular weight excluding hydrogens is 302 g/mol. The first kappa shape index (κ1) is 14.1. The van der Waals surface area contributed by atoms with Crippen LogP contribution in [0.3, 0.4) is 0 Å². The van der Waals surface area contributed by atoms with Gasteiger partial charge in [-0.15, -0.1) is 11.3 Å². The zero-order valence-corrected chi connectivity index (χ0v) is 13.1. The van der Waals surface area contributed by atoms with Gasteiger partial charge in [-0.2, -0.15) is 0 Å². The van der Waals surface area contributed by atoms with Gasteiger partial charge in [-0.05, 0) is 12.8 Å². The molecule has 0 spiro atoms. The summed E-state index contributed by atoms with van der Waals surface area (Å²) in [6, 6.07) is 0.153. The lowest BCUT2D eigenvalue weighted by Gasteiger charge is -2.25. The molecule has 3 aliphatic rings. The summed E-state index contributed by atoms with van der Waals surface area (Å²) in [5, 5.41) is 1.80. The summed E-state index contributed by atoms with van der Waals surface area (Å²) >= 11 is 1.44. The highest BCUT2D eigenvalue weighted by Crippen LogP contribution is 2.33. The maximum atomic E-state index is 12.5. The van der Waals surface area contributed by atoms with Crippen molar-refractivity contribution in [3.63, 3.8) is 0 Å². The van der Waals surface area contributed by atoms with Crippen LogP contribution in [0.15, 0.2) is 10.9 Å². The van der Waals surface area contributed by atoms with Gasteiger partial charge in [0.15, 0.2) is 0 Å². The van der Waals surface area contributed by atoms with Crippen LogP contribution >= 0.6 is 11.3 Å². The van der Waals surface area contributed by atoms with Crippen molar-refractivity contribution in [1.82, 2.24) is 14.8 Å². The van der Waals surface area contributed by atoms with Crippen molar-refractivity contribution in [3.8, 4) is 0 Å². The number of fused-ring (bicyclic) bond motifs is 1. The number of hydrogen-bond donors (Lipinski definition) is 0. The van der Waals surface area contributed by atoms with Gasteiger partial charge in [0, 0.05) is 37.5 Å². The van der Waals surface area contributed by atoms with E-state index >= 15 is 0 Å². The number of ether oxygens (including phenoxy) is 1. The maximum Gasteiger partial charge on any atom is 0.273 e. The third-order valence-electron chi connectivity index (χ3n) is 5.05.